The lowest BCUT2D eigenvalue weighted by atomic mass is 9.89. The summed E-state index contributed by atoms with van der Waals surface area (Å²) in [4.78, 5) is 29.7. The molecule has 178 valence electrons. The van der Waals surface area contributed by atoms with Gasteiger partial charge in [-0.2, -0.15) is 5.10 Å². The molecule has 32 heavy (non-hydrogen) atoms. The second-order valence-electron chi connectivity index (χ2n) is 10.9. The summed E-state index contributed by atoms with van der Waals surface area (Å²) in [7, 11) is 0. The van der Waals surface area contributed by atoms with E-state index >= 15 is 0 Å². The van der Waals surface area contributed by atoms with Crippen molar-refractivity contribution < 1.29 is 9.59 Å². The van der Waals surface area contributed by atoms with Crippen molar-refractivity contribution in [3.8, 4) is 0 Å². The van der Waals surface area contributed by atoms with Crippen LogP contribution in [-0.2, 0) is 11.3 Å². The molecule has 4 rings (SSSR count). The Morgan fingerprint density at radius 1 is 1.00 bits per heavy atom. The van der Waals surface area contributed by atoms with Crippen LogP contribution in [0.25, 0.3) is 0 Å². The zero-order chi connectivity index (χ0) is 22.7. The lowest BCUT2D eigenvalue weighted by Gasteiger charge is -2.47. The summed E-state index contributed by atoms with van der Waals surface area (Å²) in [6, 6.07) is 2.29. The van der Waals surface area contributed by atoms with Gasteiger partial charge in [-0.15, -0.1) is 0 Å². The van der Waals surface area contributed by atoms with Crippen molar-refractivity contribution in [1.82, 2.24) is 20.0 Å². The first kappa shape index (κ1) is 23.3. The molecule has 1 N–H and O–H groups in total. The number of fused-ring (bicyclic) bond motifs is 1. The third-order valence-corrected chi connectivity index (χ3v) is 7.94. The highest BCUT2D eigenvalue weighted by Crippen LogP contribution is 2.35. The Morgan fingerprint density at radius 2 is 1.56 bits per heavy atom. The Kier molecular flexibility index (Phi) is 7.26. The van der Waals surface area contributed by atoms with E-state index in [-0.39, 0.29) is 29.8 Å². The van der Waals surface area contributed by atoms with Crippen LogP contribution in [0, 0.1) is 0 Å². The van der Waals surface area contributed by atoms with Gasteiger partial charge < -0.3 is 10.2 Å². The highest BCUT2D eigenvalue weighted by molar-refractivity contribution is 6.00. The van der Waals surface area contributed by atoms with Crippen LogP contribution in [0.5, 0.6) is 0 Å². The molecule has 6 heteroatoms. The van der Waals surface area contributed by atoms with Crippen LogP contribution >= 0.6 is 0 Å². The molecule has 3 aliphatic rings. The Bertz CT molecular complexity index is 801. The smallest absolute Gasteiger partial charge is 0.273 e. The van der Waals surface area contributed by atoms with E-state index in [2.05, 4.69) is 19.2 Å². The van der Waals surface area contributed by atoms with Crippen molar-refractivity contribution in [1.29, 1.82) is 0 Å². The van der Waals surface area contributed by atoms with Crippen LogP contribution in [0.1, 0.15) is 126 Å². The monoisotopic (exact) mass is 442 g/mol. The molecule has 2 aliphatic carbocycles. The molecule has 0 bridgehead atoms. The van der Waals surface area contributed by atoms with Gasteiger partial charge >= 0.3 is 0 Å². The number of nitrogens with zero attached hydrogens (tertiary/aromatic N) is 3. The van der Waals surface area contributed by atoms with Crippen molar-refractivity contribution in [2.45, 2.75) is 134 Å². The van der Waals surface area contributed by atoms with Crippen LogP contribution in [0.3, 0.4) is 0 Å². The highest BCUT2D eigenvalue weighted by Gasteiger charge is 2.50. The zero-order valence-electron chi connectivity index (χ0n) is 20.4. The molecule has 0 spiro atoms. The van der Waals surface area contributed by atoms with Gasteiger partial charge in [0.25, 0.3) is 5.91 Å². The van der Waals surface area contributed by atoms with Crippen LogP contribution in [0.15, 0.2) is 6.07 Å². The van der Waals surface area contributed by atoms with Crippen LogP contribution in [0.4, 0.5) is 0 Å². The SMILES string of the molecule is CC(C)c1cc2n(n1)C[C@](C)(C(=O)NC1CCCCCCC1)N(C1CCCCCC1)C2=O. The van der Waals surface area contributed by atoms with E-state index < -0.39 is 5.54 Å². The van der Waals surface area contributed by atoms with E-state index in [1.807, 2.05) is 22.6 Å². The van der Waals surface area contributed by atoms with Gasteiger partial charge in [-0.05, 0) is 44.6 Å². The van der Waals surface area contributed by atoms with Gasteiger partial charge in [-0.3, -0.25) is 14.3 Å². The van der Waals surface area contributed by atoms with Gasteiger partial charge in [0.05, 0.1) is 12.2 Å². The molecule has 2 saturated carbocycles. The van der Waals surface area contributed by atoms with Crippen LogP contribution in [0.2, 0.25) is 0 Å². The fourth-order valence-corrected chi connectivity index (χ4v) is 5.93. The fraction of sp³-hybridized carbons (Fsp3) is 0.808. The number of hydrogen-bond donors (Lipinski definition) is 1. The summed E-state index contributed by atoms with van der Waals surface area (Å²) in [6.07, 6.45) is 14.9. The Hall–Kier alpha value is -1.85. The Morgan fingerprint density at radius 3 is 2.16 bits per heavy atom. The molecular weight excluding hydrogens is 400 g/mol. The largest absolute Gasteiger partial charge is 0.351 e. The summed E-state index contributed by atoms with van der Waals surface area (Å²) >= 11 is 0. The van der Waals surface area contributed by atoms with E-state index in [4.69, 9.17) is 5.10 Å². The standard InChI is InChI=1S/C26H42N4O2/c1-19(2)22-17-23-24(31)30(21-15-11-7-8-12-16-21)26(3,18-29(23)28-22)25(32)27-20-13-9-5-4-6-10-14-20/h17,19-21H,4-16,18H2,1-3H3,(H,27,32)/t26-/m1/s1. The van der Waals surface area contributed by atoms with Gasteiger partial charge in [-0.1, -0.05) is 71.6 Å². The zero-order valence-corrected chi connectivity index (χ0v) is 20.4. The molecule has 1 aliphatic heterocycles. The molecule has 0 aromatic carbocycles. The maximum atomic E-state index is 13.9. The number of carbonyl (C=O) groups is 2. The second-order valence-corrected chi connectivity index (χ2v) is 10.9. The lowest BCUT2D eigenvalue weighted by molar-refractivity contribution is -0.135. The average molecular weight is 443 g/mol. The topological polar surface area (TPSA) is 67.2 Å². The number of amides is 2. The van der Waals surface area contributed by atoms with E-state index in [0.29, 0.717) is 12.2 Å². The van der Waals surface area contributed by atoms with Crippen LogP contribution in [-0.4, -0.2) is 44.1 Å². The molecule has 2 heterocycles. The number of hydrogen-bond acceptors (Lipinski definition) is 3. The fourth-order valence-electron chi connectivity index (χ4n) is 5.93. The number of carbonyl (C=O) groups excluding carboxylic acids is 2. The van der Waals surface area contributed by atoms with Crippen molar-refractivity contribution in [3.63, 3.8) is 0 Å². The Balaban J connectivity index is 1.64. The summed E-state index contributed by atoms with van der Waals surface area (Å²) in [5.74, 6) is 0.244. The van der Waals surface area contributed by atoms with Gasteiger partial charge in [0.2, 0.25) is 5.91 Å². The predicted molar refractivity (Wildman–Crippen MR) is 127 cm³/mol. The molecule has 0 radical (unpaired) electrons. The first-order valence-electron chi connectivity index (χ1n) is 13.1. The third-order valence-electron chi connectivity index (χ3n) is 7.94. The summed E-state index contributed by atoms with van der Waals surface area (Å²) in [5, 5.41) is 8.13. The lowest BCUT2D eigenvalue weighted by Crippen LogP contribution is -2.67. The van der Waals surface area contributed by atoms with E-state index in [9.17, 15) is 9.59 Å². The Labute approximate surface area is 193 Å². The molecule has 0 unspecified atom stereocenters. The van der Waals surface area contributed by atoms with Gasteiger partial charge in [0.1, 0.15) is 11.2 Å². The maximum absolute atomic E-state index is 13.9. The summed E-state index contributed by atoms with van der Waals surface area (Å²) in [6.45, 7) is 6.62. The number of rotatable bonds is 4. The van der Waals surface area contributed by atoms with Gasteiger partial charge in [0, 0.05) is 12.1 Å². The first-order valence-corrected chi connectivity index (χ1v) is 13.1. The number of aromatic nitrogens is 2. The first-order chi connectivity index (χ1) is 15.4. The molecule has 1 aromatic heterocycles. The van der Waals surface area contributed by atoms with E-state index in [1.165, 1.54) is 44.9 Å². The van der Waals surface area contributed by atoms with Crippen molar-refractivity contribution in [2.75, 3.05) is 0 Å². The molecule has 0 saturated heterocycles. The van der Waals surface area contributed by atoms with E-state index in [0.717, 1.165) is 44.2 Å². The minimum atomic E-state index is -0.901. The molecule has 1 aromatic rings. The minimum Gasteiger partial charge on any atom is -0.351 e. The van der Waals surface area contributed by atoms with Crippen molar-refractivity contribution >= 4 is 11.8 Å². The normalized spacial score (nSPS) is 26.4. The number of nitrogens with one attached hydrogen (secondary N) is 1. The third kappa shape index (κ3) is 4.74. The summed E-state index contributed by atoms with van der Waals surface area (Å²) < 4.78 is 1.81. The quantitative estimate of drug-likeness (QED) is 0.654. The van der Waals surface area contributed by atoms with Gasteiger partial charge in [0.15, 0.2) is 0 Å². The molecule has 6 nitrogen and oxygen atoms in total. The van der Waals surface area contributed by atoms with Gasteiger partial charge in [-0.25, -0.2) is 0 Å². The predicted octanol–water partition coefficient (Wildman–Crippen LogP) is 5.17. The minimum absolute atomic E-state index is 0.00733. The van der Waals surface area contributed by atoms with Crippen molar-refractivity contribution in [2.24, 2.45) is 0 Å². The second kappa shape index (κ2) is 9.96. The summed E-state index contributed by atoms with van der Waals surface area (Å²) in [5.41, 5.74) is 0.676. The molecule has 1 atom stereocenters. The molecule has 2 amide bonds. The molecule has 2 fully saturated rings. The van der Waals surface area contributed by atoms with Crippen molar-refractivity contribution in [3.05, 3.63) is 17.5 Å². The average Bonchev–Trinajstić information content (AvgIpc) is 2.98. The van der Waals surface area contributed by atoms with E-state index in [1.54, 1.807) is 0 Å². The van der Waals surface area contributed by atoms with Crippen LogP contribution < -0.4 is 5.32 Å². The highest BCUT2D eigenvalue weighted by atomic mass is 16.2. The maximum Gasteiger partial charge on any atom is 0.273 e. The molecular formula is C26H42N4O2.